The number of benzene rings is 2. The standard InChI is InChI=1S/C22H22BrN3O2S/c1-15(21(28)18-5-3-17(4-6-18)11-12-24-16(2)27)29-22-25-13-14-26(22)20-9-7-19(23)8-10-20/h3-10,13-15H,11-12H2,1-2H3,(H,24,27). The van der Waals surface area contributed by atoms with E-state index in [0.29, 0.717) is 12.1 Å². The van der Waals surface area contributed by atoms with Gasteiger partial charge in [-0.2, -0.15) is 0 Å². The van der Waals surface area contributed by atoms with Crippen molar-refractivity contribution in [3.05, 3.63) is 76.5 Å². The second kappa shape index (κ2) is 9.89. The number of amides is 1. The first-order valence-electron chi connectivity index (χ1n) is 9.27. The molecule has 1 atom stereocenters. The van der Waals surface area contributed by atoms with E-state index in [1.165, 1.54) is 18.7 Å². The minimum Gasteiger partial charge on any atom is -0.356 e. The Morgan fingerprint density at radius 2 is 1.83 bits per heavy atom. The third-order valence-electron chi connectivity index (χ3n) is 4.39. The molecule has 0 aliphatic carbocycles. The van der Waals surface area contributed by atoms with Gasteiger partial charge in [0.2, 0.25) is 5.91 Å². The van der Waals surface area contributed by atoms with Gasteiger partial charge >= 0.3 is 0 Å². The fourth-order valence-electron chi connectivity index (χ4n) is 2.84. The highest BCUT2D eigenvalue weighted by atomic mass is 79.9. The Labute approximate surface area is 183 Å². The van der Waals surface area contributed by atoms with E-state index in [1.807, 2.05) is 66.2 Å². The van der Waals surface area contributed by atoms with Crippen LogP contribution in [0, 0.1) is 0 Å². The second-order valence-corrected chi connectivity index (χ2v) is 8.83. The van der Waals surface area contributed by atoms with Crippen molar-refractivity contribution in [1.82, 2.24) is 14.9 Å². The van der Waals surface area contributed by atoms with Crippen LogP contribution in [0.3, 0.4) is 0 Å². The molecule has 1 heterocycles. The number of ketones is 1. The summed E-state index contributed by atoms with van der Waals surface area (Å²) in [7, 11) is 0. The Bertz CT molecular complexity index is 984. The molecule has 29 heavy (non-hydrogen) atoms. The van der Waals surface area contributed by atoms with E-state index in [9.17, 15) is 9.59 Å². The molecule has 0 saturated carbocycles. The number of thioether (sulfide) groups is 1. The number of carbonyl (C=O) groups excluding carboxylic acids is 2. The monoisotopic (exact) mass is 471 g/mol. The number of imidazole rings is 1. The van der Waals surface area contributed by atoms with Crippen LogP contribution in [0.1, 0.15) is 29.8 Å². The number of nitrogens with one attached hydrogen (secondary N) is 1. The van der Waals surface area contributed by atoms with E-state index in [0.717, 1.165) is 27.3 Å². The first-order valence-corrected chi connectivity index (χ1v) is 10.9. The Morgan fingerprint density at radius 3 is 2.48 bits per heavy atom. The van der Waals surface area contributed by atoms with Crippen LogP contribution in [0.4, 0.5) is 0 Å². The zero-order valence-corrected chi connectivity index (χ0v) is 18.7. The fraction of sp³-hybridized carbons (Fsp3) is 0.227. The lowest BCUT2D eigenvalue weighted by Gasteiger charge is -2.12. The predicted molar refractivity (Wildman–Crippen MR) is 120 cm³/mol. The van der Waals surface area contributed by atoms with Gasteiger partial charge in [-0.05, 0) is 43.2 Å². The molecular weight excluding hydrogens is 450 g/mol. The van der Waals surface area contributed by atoms with E-state index in [1.54, 1.807) is 6.20 Å². The maximum atomic E-state index is 12.9. The summed E-state index contributed by atoms with van der Waals surface area (Å²) in [5, 5.41) is 3.29. The highest BCUT2D eigenvalue weighted by Gasteiger charge is 2.19. The Morgan fingerprint density at radius 1 is 1.14 bits per heavy atom. The summed E-state index contributed by atoms with van der Waals surface area (Å²) in [4.78, 5) is 28.2. The van der Waals surface area contributed by atoms with Crippen molar-refractivity contribution in [2.75, 3.05) is 6.54 Å². The van der Waals surface area contributed by atoms with Gasteiger partial charge in [0.1, 0.15) is 0 Å². The van der Waals surface area contributed by atoms with Crippen LogP contribution >= 0.6 is 27.7 Å². The lowest BCUT2D eigenvalue weighted by molar-refractivity contribution is -0.118. The smallest absolute Gasteiger partial charge is 0.216 e. The van der Waals surface area contributed by atoms with Gasteiger partial charge < -0.3 is 5.32 Å². The molecule has 0 bridgehead atoms. The van der Waals surface area contributed by atoms with Crippen molar-refractivity contribution >= 4 is 39.4 Å². The normalized spacial score (nSPS) is 11.8. The minimum atomic E-state index is -0.267. The van der Waals surface area contributed by atoms with Crippen LogP contribution in [0.25, 0.3) is 5.69 Å². The van der Waals surface area contributed by atoms with Crippen molar-refractivity contribution in [2.45, 2.75) is 30.7 Å². The number of hydrogen-bond donors (Lipinski definition) is 1. The Kier molecular flexibility index (Phi) is 7.28. The molecule has 5 nitrogen and oxygen atoms in total. The van der Waals surface area contributed by atoms with Crippen molar-refractivity contribution in [3.8, 4) is 5.69 Å². The van der Waals surface area contributed by atoms with Gasteiger partial charge in [-0.1, -0.05) is 52.0 Å². The van der Waals surface area contributed by atoms with Gasteiger partial charge in [-0.25, -0.2) is 4.98 Å². The maximum Gasteiger partial charge on any atom is 0.216 e. The lowest BCUT2D eigenvalue weighted by Crippen LogP contribution is -2.22. The third kappa shape index (κ3) is 5.81. The number of hydrogen-bond acceptors (Lipinski definition) is 4. The predicted octanol–water partition coefficient (Wildman–Crippen LogP) is 4.68. The molecule has 1 unspecified atom stereocenters. The molecule has 1 amide bonds. The van der Waals surface area contributed by atoms with E-state index in [2.05, 4.69) is 26.2 Å². The van der Waals surface area contributed by atoms with Crippen LogP contribution < -0.4 is 5.32 Å². The average Bonchev–Trinajstić information content (AvgIpc) is 3.16. The highest BCUT2D eigenvalue weighted by molar-refractivity contribution is 9.10. The summed E-state index contributed by atoms with van der Waals surface area (Å²) in [6, 6.07) is 15.5. The molecule has 1 N–H and O–H groups in total. The van der Waals surface area contributed by atoms with Crippen LogP contribution in [0.2, 0.25) is 0 Å². The van der Waals surface area contributed by atoms with Gasteiger partial charge in [0.05, 0.1) is 5.25 Å². The number of carbonyl (C=O) groups is 2. The van der Waals surface area contributed by atoms with Crippen LogP contribution in [-0.2, 0) is 11.2 Å². The maximum absolute atomic E-state index is 12.9. The lowest BCUT2D eigenvalue weighted by atomic mass is 10.0. The van der Waals surface area contributed by atoms with E-state index >= 15 is 0 Å². The quantitative estimate of drug-likeness (QED) is 0.382. The molecule has 2 aromatic carbocycles. The van der Waals surface area contributed by atoms with Crippen molar-refractivity contribution < 1.29 is 9.59 Å². The van der Waals surface area contributed by atoms with Gasteiger partial charge in [0, 0.05) is 41.6 Å². The zero-order chi connectivity index (χ0) is 20.8. The number of Topliss-reactive ketones (excluding diaryl/α,β-unsaturated/α-hetero) is 1. The molecule has 0 saturated heterocycles. The molecule has 0 fully saturated rings. The molecule has 0 spiro atoms. The van der Waals surface area contributed by atoms with E-state index < -0.39 is 0 Å². The summed E-state index contributed by atoms with van der Waals surface area (Å²) < 4.78 is 2.99. The second-order valence-electron chi connectivity index (χ2n) is 6.61. The molecular formula is C22H22BrN3O2S. The number of halogens is 1. The zero-order valence-electron chi connectivity index (χ0n) is 16.3. The molecule has 0 radical (unpaired) electrons. The Balaban J connectivity index is 1.65. The summed E-state index contributed by atoms with van der Waals surface area (Å²) in [6.07, 6.45) is 4.38. The summed E-state index contributed by atoms with van der Waals surface area (Å²) in [6.45, 7) is 3.99. The molecule has 3 rings (SSSR count). The third-order valence-corrected chi connectivity index (χ3v) is 6.00. The largest absolute Gasteiger partial charge is 0.356 e. The van der Waals surface area contributed by atoms with Crippen molar-refractivity contribution in [2.24, 2.45) is 0 Å². The number of nitrogens with zero attached hydrogens (tertiary/aromatic N) is 2. The SMILES string of the molecule is CC(=O)NCCc1ccc(C(=O)C(C)Sc2nccn2-c2ccc(Br)cc2)cc1. The minimum absolute atomic E-state index is 0.0378. The molecule has 0 aliphatic rings. The topological polar surface area (TPSA) is 64.0 Å². The number of aromatic nitrogens is 2. The molecule has 0 aliphatic heterocycles. The van der Waals surface area contributed by atoms with Crippen molar-refractivity contribution in [1.29, 1.82) is 0 Å². The molecule has 3 aromatic rings. The summed E-state index contributed by atoms with van der Waals surface area (Å²) in [5.41, 5.74) is 2.76. The van der Waals surface area contributed by atoms with Crippen molar-refractivity contribution in [3.63, 3.8) is 0 Å². The van der Waals surface area contributed by atoms with Crippen LogP contribution in [-0.4, -0.2) is 33.0 Å². The summed E-state index contributed by atoms with van der Waals surface area (Å²) >= 11 is 4.89. The Hall–Kier alpha value is -2.38. The highest BCUT2D eigenvalue weighted by Crippen LogP contribution is 2.27. The first-order chi connectivity index (χ1) is 13.9. The fourth-order valence-corrected chi connectivity index (χ4v) is 4.07. The average molecular weight is 472 g/mol. The molecule has 1 aromatic heterocycles. The van der Waals surface area contributed by atoms with Crippen LogP contribution in [0.15, 0.2) is 70.6 Å². The van der Waals surface area contributed by atoms with E-state index in [4.69, 9.17) is 0 Å². The van der Waals surface area contributed by atoms with Gasteiger partial charge in [-0.3, -0.25) is 14.2 Å². The van der Waals surface area contributed by atoms with Gasteiger partial charge in [-0.15, -0.1) is 0 Å². The molecule has 7 heteroatoms. The summed E-state index contributed by atoms with van der Waals surface area (Å²) in [5.74, 6) is 0.0258. The van der Waals surface area contributed by atoms with E-state index in [-0.39, 0.29) is 16.9 Å². The molecule has 150 valence electrons. The van der Waals surface area contributed by atoms with Gasteiger partial charge in [0.25, 0.3) is 0 Å². The first kappa shape index (κ1) is 21.3. The van der Waals surface area contributed by atoms with Crippen LogP contribution in [0.5, 0.6) is 0 Å². The van der Waals surface area contributed by atoms with Gasteiger partial charge in [0.15, 0.2) is 10.9 Å². The number of rotatable bonds is 8.